The quantitative estimate of drug-likeness (QED) is 0.678. The number of likely N-dealkylation sites (tertiary alicyclic amines) is 1. The van der Waals surface area contributed by atoms with E-state index >= 15 is 0 Å². The van der Waals surface area contributed by atoms with Crippen molar-refractivity contribution in [2.24, 2.45) is 5.92 Å². The maximum atomic E-state index is 12.2. The fraction of sp³-hybridized carbons (Fsp3) is 1.00. The second-order valence-electron chi connectivity index (χ2n) is 5.62. The van der Waals surface area contributed by atoms with Crippen LogP contribution in [0, 0.1) is 5.92 Å². The molecule has 0 N–H and O–H groups in total. The molecule has 4 nitrogen and oxygen atoms in total. The van der Waals surface area contributed by atoms with Crippen LogP contribution in [0.2, 0.25) is 0 Å². The Balaban J connectivity index is 2.52. The predicted molar refractivity (Wildman–Crippen MR) is 76.2 cm³/mol. The topological polar surface area (TPSA) is 40.6 Å². The maximum Gasteiger partial charge on any atom is 0.214 e. The molecule has 0 atom stereocenters. The summed E-state index contributed by atoms with van der Waals surface area (Å²) in [6.07, 6.45) is 3.40. The van der Waals surface area contributed by atoms with Crippen molar-refractivity contribution < 1.29 is 8.42 Å². The molecule has 0 aromatic rings. The first-order valence-electron chi connectivity index (χ1n) is 7.16. The monoisotopic (exact) mass is 276 g/mol. The standard InChI is InChI=1S/C13H28N2O2S/c1-4-7-15(18(16,17)12-13(2)3)11-10-14-8-5-6-9-14/h13H,4-12H2,1-3H3. The zero-order valence-electron chi connectivity index (χ0n) is 12.1. The lowest BCUT2D eigenvalue weighted by Crippen LogP contribution is -2.40. The van der Waals surface area contributed by atoms with Crippen molar-refractivity contribution in [3.05, 3.63) is 0 Å². The van der Waals surface area contributed by atoms with Crippen molar-refractivity contribution >= 4 is 10.0 Å². The van der Waals surface area contributed by atoms with Gasteiger partial charge in [-0.25, -0.2) is 12.7 Å². The van der Waals surface area contributed by atoms with E-state index in [0.29, 0.717) is 13.1 Å². The highest BCUT2D eigenvalue weighted by molar-refractivity contribution is 7.89. The summed E-state index contributed by atoms with van der Waals surface area (Å²) >= 11 is 0. The largest absolute Gasteiger partial charge is 0.302 e. The van der Waals surface area contributed by atoms with Crippen molar-refractivity contribution in [2.45, 2.75) is 40.0 Å². The molecule has 1 heterocycles. The first-order chi connectivity index (χ1) is 8.45. The lowest BCUT2D eigenvalue weighted by molar-refractivity contribution is 0.294. The number of rotatable bonds is 8. The van der Waals surface area contributed by atoms with Gasteiger partial charge in [0.05, 0.1) is 5.75 Å². The Morgan fingerprint density at radius 1 is 1.17 bits per heavy atom. The van der Waals surface area contributed by atoms with Gasteiger partial charge in [-0.2, -0.15) is 0 Å². The van der Waals surface area contributed by atoms with Crippen LogP contribution in [0.15, 0.2) is 0 Å². The minimum Gasteiger partial charge on any atom is -0.302 e. The number of nitrogens with zero attached hydrogens (tertiary/aromatic N) is 2. The van der Waals surface area contributed by atoms with Gasteiger partial charge in [0.15, 0.2) is 0 Å². The highest BCUT2D eigenvalue weighted by atomic mass is 32.2. The average molecular weight is 276 g/mol. The minimum atomic E-state index is -3.07. The Labute approximate surface area is 112 Å². The van der Waals surface area contributed by atoms with Crippen LogP contribution in [0.3, 0.4) is 0 Å². The van der Waals surface area contributed by atoms with E-state index in [1.165, 1.54) is 12.8 Å². The van der Waals surface area contributed by atoms with Gasteiger partial charge in [-0.05, 0) is 38.3 Å². The molecule has 0 spiro atoms. The number of sulfonamides is 1. The Morgan fingerprint density at radius 2 is 1.78 bits per heavy atom. The Morgan fingerprint density at radius 3 is 2.28 bits per heavy atom. The van der Waals surface area contributed by atoms with Gasteiger partial charge < -0.3 is 4.90 Å². The zero-order chi connectivity index (χ0) is 13.6. The third kappa shape index (κ3) is 5.24. The van der Waals surface area contributed by atoms with Crippen molar-refractivity contribution in [1.29, 1.82) is 0 Å². The molecule has 0 aromatic heterocycles. The van der Waals surface area contributed by atoms with Gasteiger partial charge in [0.25, 0.3) is 0 Å². The molecule has 0 bridgehead atoms. The molecular weight excluding hydrogens is 248 g/mol. The molecule has 0 aromatic carbocycles. The molecule has 1 rings (SSSR count). The van der Waals surface area contributed by atoms with Crippen LogP contribution in [0.4, 0.5) is 0 Å². The molecule has 0 saturated carbocycles. The molecule has 0 radical (unpaired) electrons. The van der Waals surface area contributed by atoms with Crippen molar-refractivity contribution in [3.63, 3.8) is 0 Å². The third-order valence-corrected chi connectivity index (χ3v) is 5.51. The maximum absolute atomic E-state index is 12.2. The molecule has 0 unspecified atom stereocenters. The molecule has 1 aliphatic rings. The summed E-state index contributed by atoms with van der Waals surface area (Å²) in [5.74, 6) is 0.466. The highest BCUT2D eigenvalue weighted by Gasteiger charge is 2.23. The summed E-state index contributed by atoms with van der Waals surface area (Å²) in [5, 5.41) is 0. The van der Waals surface area contributed by atoms with Crippen LogP contribution in [-0.2, 0) is 10.0 Å². The SMILES string of the molecule is CCCN(CCN1CCCC1)S(=O)(=O)CC(C)C. The third-order valence-electron chi connectivity index (χ3n) is 3.27. The fourth-order valence-corrected chi connectivity index (χ4v) is 4.30. The van der Waals surface area contributed by atoms with Crippen LogP contribution in [0.5, 0.6) is 0 Å². The highest BCUT2D eigenvalue weighted by Crippen LogP contribution is 2.11. The summed E-state index contributed by atoms with van der Waals surface area (Å²) < 4.78 is 26.2. The molecule has 18 heavy (non-hydrogen) atoms. The van der Waals surface area contributed by atoms with Crippen LogP contribution < -0.4 is 0 Å². The summed E-state index contributed by atoms with van der Waals surface area (Å²) in [6.45, 7) is 10.4. The summed E-state index contributed by atoms with van der Waals surface area (Å²) in [6, 6.07) is 0. The Kier molecular flexibility index (Phi) is 6.60. The van der Waals surface area contributed by atoms with E-state index in [4.69, 9.17) is 0 Å². The Hall–Kier alpha value is -0.130. The zero-order valence-corrected chi connectivity index (χ0v) is 12.9. The normalized spacial score (nSPS) is 18.1. The first-order valence-corrected chi connectivity index (χ1v) is 8.76. The molecule has 1 aliphatic heterocycles. The molecular formula is C13H28N2O2S. The Bertz CT molecular complexity index is 322. The lowest BCUT2D eigenvalue weighted by Gasteiger charge is -2.25. The van der Waals surface area contributed by atoms with Crippen LogP contribution in [0.1, 0.15) is 40.0 Å². The van der Waals surface area contributed by atoms with Crippen LogP contribution in [-0.4, -0.2) is 56.1 Å². The van der Waals surface area contributed by atoms with E-state index in [-0.39, 0.29) is 11.7 Å². The summed E-state index contributed by atoms with van der Waals surface area (Å²) in [7, 11) is -3.07. The lowest BCUT2D eigenvalue weighted by atomic mass is 10.3. The second-order valence-corrected chi connectivity index (χ2v) is 7.63. The van der Waals surface area contributed by atoms with Gasteiger partial charge in [-0.15, -0.1) is 0 Å². The van der Waals surface area contributed by atoms with Crippen molar-refractivity contribution in [1.82, 2.24) is 9.21 Å². The van der Waals surface area contributed by atoms with E-state index in [1.54, 1.807) is 4.31 Å². The van der Waals surface area contributed by atoms with Crippen molar-refractivity contribution in [3.8, 4) is 0 Å². The minimum absolute atomic E-state index is 0.196. The molecule has 0 amide bonds. The van der Waals surface area contributed by atoms with Gasteiger partial charge in [0.2, 0.25) is 10.0 Å². The summed E-state index contributed by atoms with van der Waals surface area (Å²) in [4.78, 5) is 2.37. The molecule has 1 saturated heterocycles. The van der Waals surface area contributed by atoms with E-state index in [2.05, 4.69) is 4.90 Å². The van der Waals surface area contributed by atoms with E-state index < -0.39 is 10.0 Å². The van der Waals surface area contributed by atoms with Gasteiger partial charge in [0, 0.05) is 19.6 Å². The number of hydrogen-bond donors (Lipinski definition) is 0. The van der Waals surface area contributed by atoms with Crippen molar-refractivity contribution in [2.75, 3.05) is 38.5 Å². The molecule has 108 valence electrons. The second kappa shape index (κ2) is 7.46. The van der Waals surface area contributed by atoms with Crippen LogP contribution in [0.25, 0.3) is 0 Å². The average Bonchev–Trinajstić information content (AvgIpc) is 2.74. The smallest absolute Gasteiger partial charge is 0.214 e. The first kappa shape index (κ1) is 15.9. The molecule has 5 heteroatoms. The van der Waals surface area contributed by atoms with E-state index in [0.717, 1.165) is 26.1 Å². The summed E-state index contributed by atoms with van der Waals surface area (Å²) in [5.41, 5.74) is 0. The molecule has 0 aliphatic carbocycles. The van der Waals surface area contributed by atoms with E-state index in [1.807, 2.05) is 20.8 Å². The van der Waals surface area contributed by atoms with Crippen LogP contribution >= 0.6 is 0 Å². The van der Waals surface area contributed by atoms with Gasteiger partial charge >= 0.3 is 0 Å². The van der Waals surface area contributed by atoms with E-state index in [9.17, 15) is 8.42 Å². The van der Waals surface area contributed by atoms with Gasteiger partial charge in [0.1, 0.15) is 0 Å². The number of hydrogen-bond acceptors (Lipinski definition) is 3. The fourth-order valence-electron chi connectivity index (χ4n) is 2.43. The van der Waals surface area contributed by atoms with Gasteiger partial charge in [-0.3, -0.25) is 0 Å². The molecule has 1 fully saturated rings. The predicted octanol–water partition coefficient (Wildman–Crippen LogP) is 1.78. The van der Waals surface area contributed by atoms with Gasteiger partial charge in [-0.1, -0.05) is 20.8 Å².